The molecule has 0 atom stereocenters. The van der Waals surface area contributed by atoms with Gasteiger partial charge in [0, 0.05) is 38.1 Å². The summed E-state index contributed by atoms with van der Waals surface area (Å²) >= 11 is 0. The molecule has 0 unspecified atom stereocenters. The fraction of sp³-hybridized carbons (Fsp3) is 0.560. The largest absolute Gasteiger partial charge is 0.416 e. The number of nitrogens with one attached hydrogen (secondary N) is 1. The van der Waals surface area contributed by atoms with Crippen LogP contribution < -0.4 is 10.2 Å². The number of alkyl halides is 3. The van der Waals surface area contributed by atoms with Crippen LogP contribution in [0, 0.1) is 17.7 Å². The van der Waals surface area contributed by atoms with Crippen LogP contribution in [-0.2, 0) is 17.5 Å². The van der Waals surface area contributed by atoms with Crippen LogP contribution in [0.2, 0.25) is 0 Å². The quantitative estimate of drug-likeness (QED) is 0.535. The Morgan fingerprint density at radius 2 is 1.71 bits per heavy atom. The maximum atomic E-state index is 15.4. The fourth-order valence-corrected chi connectivity index (χ4v) is 4.63. The third-order valence-electron chi connectivity index (χ3n) is 7.08. The molecule has 1 aliphatic heterocycles. The van der Waals surface area contributed by atoms with Crippen molar-refractivity contribution in [1.82, 2.24) is 14.9 Å². The lowest BCUT2D eigenvalue weighted by atomic mass is 9.96. The van der Waals surface area contributed by atoms with Gasteiger partial charge in [-0.15, -0.1) is 0 Å². The van der Waals surface area contributed by atoms with Crippen molar-refractivity contribution in [3.8, 4) is 0 Å². The SMILES string of the molecule is O=C(C1CC1)N1CCC(CNc2ncnc(N(Cc3ccc(C(F)(F)F)cc3)C3CC3)c2F)CC1. The van der Waals surface area contributed by atoms with E-state index in [2.05, 4.69) is 15.3 Å². The minimum Gasteiger partial charge on any atom is -0.367 e. The average molecular weight is 492 g/mol. The maximum Gasteiger partial charge on any atom is 0.416 e. The molecule has 1 saturated heterocycles. The highest BCUT2D eigenvalue weighted by Crippen LogP contribution is 2.36. The van der Waals surface area contributed by atoms with Crippen LogP contribution in [0.25, 0.3) is 0 Å². The Morgan fingerprint density at radius 1 is 1.03 bits per heavy atom. The molecule has 1 aromatic carbocycles. The summed E-state index contributed by atoms with van der Waals surface area (Å²) in [5.74, 6) is 0.570. The third-order valence-corrected chi connectivity index (χ3v) is 7.08. The van der Waals surface area contributed by atoms with E-state index in [0.29, 0.717) is 18.0 Å². The van der Waals surface area contributed by atoms with Gasteiger partial charge in [0.2, 0.25) is 11.7 Å². The number of hydrogen-bond acceptors (Lipinski definition) is 5. The summed E-state index contributed by atoms with van der Waals surface area (Å²) in [6.45, 7) is 2.30. The Kier molecular flexibility index (Phi) is 6.55. The summed E-state index contributed by atoms with van der Waals surface area (Å²) < 4.78 is 54.1. The number of anilines is 2. The molecule has 2 heterocycles. The lowest BCUT2D eigenvalue weighted by Crippen LogP contribution is -2.40. The second kappa shape index (κ2) is 9.62. The number of rotatable bonds is 8. The molecule has 2 saturated carbocycles. The van der Waals surface area contributed by atoms with E-state index in [1.54, 1.807) is 0 Å². The molecule has 1 amide bonds. The molecule has 10 heteroatoms. The van der Waals surface area contributed by atoms with E-state index in [1.807, 2.05) is 9.80 Å². The van der Waals surface area contributed by atoms with Crippen molar-refractivity contribution in [2.45, 2.75) is 57.3 Å². The van der Waals surface area contributed by atoms with Crippen LogP contribution in [0.1, 0.15) is 49.7 Å². The van der Waals surface area contributed by atoms with Crippen molar-refractivity contribution in [3.63, 3.8) is 0 Å². The molecule has 0 spiro atoms. The van der Waals surface area contributed by atoms with E-state index in [1.165, 1.54) is 18.5 Å². The van der Waals surface area contributed by atoms with Crippen molar-refractivity contribution in [1.29, 1.82) is 0 Å². The molecular weight excluding hydrogens is 462 g/mol. The Hall–Kier alpha value is -2.91. The van der Waals surface area contributed by atoms with Gasteiger partial charge in [0.1, 0.15) is 6.33 Å². The summed E-state index contributed by atoms with van der Waals surface area (Å²) in [6.07, 6.45) is 2.44. The first-order valence-corrected chi connectivity index (χ1v) is 12.3. The highest BCUT2D eigenvalue weighted by atomic mass is 19.4. The number of halogens is 4. The first-order valence-electron chi connectivity index (χ1n) is 12.3. The van der Waals surface area contributed by atoms with Crippen LogP contribution in [0.15, 0.2) is 30.6 Å². The Bertz CT molecular complexity index is 1040. The predicted octanol–water partition coefficient (Wildman–Crippen LogP) is 4.86. The summed E-state index contributed by atoms with van der Waals surface area (Å²) in [7, 11) is 0. The van der Waals surface area contributed by atoms with Crippen LogP contribution in [-0.4, -0.2) is 46.5 Å². The monoisotopic (exact) mass is 491 g/mol. The van der Waals surface area contributed by atoms with Gasteiger partial charge in [-0.25, -0.2) is 9.97 Å². The van der Waals surface area contributed by atoms with E-state index in [4.69, 9.17) is 0 Å². The molecule has 2 aromatic rings. The summed E-state index contributed by atoms with van der Waals surface area (Å²) in [4.78, 5) is 24.3. The number of aromatic nitrogens is 2. The average Bonchev–Trinajstić information content (AvgIpc) is 3.76. The lowest BCUT2D eigenvalue weighted by Gasteiger charge is -2.32. The number of piperidine rings is 1. The first kappa shape index (κ1) is 23.8. The van der Waals surface area contributed by atoms with Crippen LogP contribution in [0.5, 0.6) is 0 Å². The number of amides is 1. The van der Waals surface area contributed by atoms with Gasteiger partial charge in [-0.3, -0.25) is 4.79 Å². The van der Waals surface area contributed by atoms with Crippen molar-refractivity contribution in [2.24, 2.45) is 11.8 Å². The van der Waals surface area contributed by atoms with Gasteiger partial charge in [-0.05, 0) is 62.1 Å². The minimum atomic E-state index is -4.39. The van der Waals surface area contributed by atoms with Crippen LogP contribution >= 0.6 is 0 Å². The topological polar surface area (TPSA) is 61.4 Å². The van der Waals surface area contributed by atoms with E-state index >= 15 is 4.39 Å². The van der Waals surface area contributed by atoms with Crippen molar-refractivity contribution < 1.29 is 22.4 Å². The first-order chi connectivity index (χ1) is 16.8. The predicted molar refractivity (Wildman–Crippen MR) is 123 cm³/mol. The molecule has 0 bridgehead atoms. The molecule has 2 aliphatic carbocycles. The van der Waals surface area contributed by atoms with E-state index in [0.717, 1.165) is 63.7 Å². The summed E-state index contributed by atoms with van der Waals surface area (Å²) in [5.41, 5.74) is -0.0495. The number of benzene rings is 1. The van der Waals surface area contributed by atoms with E-state index in [9.17, 15) is 18.0 Å². The second-order valence-electron chi connectivity index (χ2n) is 9.84. The molecule has 3 aliphatic rings. The highest BCUT2D eigenvalue weighted by Gasteiger charge is 2.36. The van der Waals surface area contributed by atoms with Gasteiger partial charge in [-0.2, -0.15) is 17.6 Å². The fourth-order valence-electron chi connectivity index (χ4n) is 4.63. The molecule has 6 nitrogen and oxygen atoms in total. The molecule has 0 radical (unpaired) electrons. The maximum absolute atomic E-state index is 15.4. The van der Waals surface area contributed by atoms with Gasteiger partial charge in [-0.1, -0.05) is 12.1 Å². The zero-order valence-corrected chi connectivity index (χ0v) is 19.4. The van der Waals surface area contributed by atoms with Gasteiger partial charge < -0.3 is 15.1 Å². The van der Waals surface area contributed by atoms with Crippen molar-refractivity contribution in [3.05, 3.63) is 47.5 Å². The van der Waals surface area contributed by atoms with Crippen LogP contribution in [0.4, 0.5) is 29.2 Å². The highest BCUT2D eigenvalue weighted by molar-refractivity contribution is 5.81. The van der Waals surface area contributed by atoms with Gasteiger partial charge in [0.15, 0.2) is 11.6 Å². The van der Waals surface area contributed by atoms with Gasteiger partial charge in [0.05, 0.1) is 5.56 Å². The molecule has 188 valence electrons. The smallest absolute Gasteiger partial charge is 0.367 e. The summed E-state index contributed by atoms with van der Waals surface area (Å²) in [5, 5.41) is 3.12. The molecule has 1 aromatic heterocycles. The van der Waals surface area contributed by atoms with E-state index in [-0.39, 0.29) is 36.0 Å². The summed E-state index contributed by atoms with van der Waals surface area (Å²) in [6, 6.07) is 5.05. The number of carbonyl (C=O) groups excluding carboxylic acids is 1. The molecule has 3 fully saturated rings. The van der Waals surface area contributed by atoms with Gasteiger partial charge in [0.25, 0.3) is 0 Å². The zero-order chi connectivity index (χ0) is 24.6. The Morgan fingerprint density at radius 3 is 2.31 bits per heavy atom. The number of carbonyl (C=O) groups is 1. The van der Waals surface area contributed by atoms with Crippen LogP contribution in [0.3, 0.4) is 0 Å². The zero-order valence-electron chi connectivity index (χ0n) is 19.4. The lowest BCUT2D eigenvalue weighted by molar-refractivity contribution is -0.137. The Labute approximate surface area is 201 Å². The van der Waals surface area contributed by atoms with Crippen molar-refractivity contribution in [2.75, 3.05) is 29.9 Å². The van der Waals surface area contributed by atoms with E-state index < -0.39 is 17.6 Å². The normalized spacial score (nSPS) is 19.0. The number of nitrogens with zero attached hydrogens (tertiary/aromatic N) is 4. The minimum absolute atomic E-state index is 0.0999. The van der Waals surface area contributed by atoms with Crippen molar-refractivity contribution >= 4 is 17.5 Å². The molecule has 5 rings (SSSR count). The molecule has 1 N–H and O–H groups in total. The number of likely N-dealkylation sites (tertiary alicyclic amines) is 1. The third kappa shape index (κ3) is 5.67. The standard InChI is InChI=1S/C25H29F4N5O/c26-21-22(30-13-16-9-11-33(12-10-16)24(35)18-3-4-18)31-15-32-23(21)34(20-7-8-20)14-17-1-5-19(6-2-17)25(27,28)29/h1-2,5-6,15-16,18,20H,3-4,7-14H2,(H,30,31,32). The molecule has 35 heavy (non-hydrogen) atoms. The second-order valence-corrected chi connectivity index (χ2v) is 9.84. The molecular formula is C25H29F4N5O. The van der Waals surface area contributed by atoms with Gasteiger partial charge >= 0.3 is 6.18 Å². The Balaban J connectivity index is 1.21. The number of hydrogen-bond donors (Lipinski definition) is 1.